The van der Waals surface area contributed by atoms with E-state index >= 15 is 0 Å². The van der Waals surface area contributed by atoms with E-state index in [2.05, 4.69) is 6.58 Å². The maximum absolute atomic E-state index is 5.03. The first-order valence-electron chi connectivity index (χ1n) is 3.20. The lowest BCUT2D eigenvalue weighted by Gasteiger charge is -1.95. The van der Waals surface area contributed by atoms with Crippen molar-refractivity contribution in [3.63, 3.8) is 0 Å². The summed E-state index contributed by atoms with van der Waals surface area (Å²) in [4.78, 5) is 0. The first kappa shape index (κ1) is 8.82. The summed E-state index contributed by atoms with van der Waals surface area (Å²) in [5, 5.41) is 0. The highest BCUT2D eigenvalue weighted by Crippen LogP contribution is 1.96. The van der Waals surface area contributed by atoms with E-state index < -0.39 is 0 Å². The van der Waals surface area contributed by atoms with Gasteiger partial charge in [0.15, 0.2) is 0 Å². The SMILES string of the molecule is C=C(/C=C/CC)O/C=C\N. The molecule has 0 aliphatic rings. The van der Waals surface area contributed by atoms with E-state index in [9.17, 15) is 0 Å². The highest BCUT2D eigenvalue weighted by Gasteiger charge is 1.80. The molecule has 0 rings (SSSR count). The van der Waals surface area contributed by atoms with Crippen LogP contribution in [0.3, 0.4) is 0 Å². The lowest BCUT2D eigenvalue weighted by atomic mass is 10.4. The molecule has 0 spiro atoms. The summed E-state index contributed by atoms with van der Waals surface area (Å²) >= 11 is 0. The molecule has 10 heavy (non-hydrogen) atoms. The van der Waals surface area contributed by atoms with Crippen LogP contribution in [0.25, 0.3) is 0 Å². The van der Waals surface area contributed by atoms with Gasteiger partial charge in [-0.15, -0.1) is 0 Å². The molecule has 0 amide bonds. The third kappa shape index (κ3) is 4.97. The van der Waals surface area contributed by atoms with E-state index in [1.54, 1.807) is 6.08 Å². The monoisotopic (exact) mass is 139 g/mol. The molecule has 0 aromatic heterocycles. The van der Waals surface area contributed by atoms with Gasteiger partial charge in [-0.3, -0.25) is 0 Å². The minimum absolute atomic E-state index is 0.601. The summed E-state index contributed by atoms with van der Waals surface area (Å²) in [6, 6.07) is 0. The molecule has 56 valence electrons. The highest BCUT2D eigenvalue weighted by molar-refractivity contribution is 5.07. The van der Waals surface area contributed by atoms with Crippen LogP contribution in [0.5, 0.6) is 0 Å². The quantitative estimate of drug-likeness (QED) is 0.477. The summed E-state index contributed by atoms with van der Waals surface area (Å²) in [6.45, 7) is 5.66. The van der Waals surface area contributed by atoms with E-state index in [1.807, 2.05) is 13.0 Å². The molecule has 0 saturated heterocycles. The zero-order valence-electron chi connectivity index (χ0n) is 6.21. The van der Waals surface area contributed by atoms with Crippen LogP contribution >= 0.6 is 0 Å². The van der Waals surface area contributed by atoms with Crippen molar-refractivity contribution in [2.45, 2.75) is 13.3 Å². The number of rotatable bonds is 4. The molecule has 0 aliphatic carbocycles. The van der Waals surface area contributed by atoms with Gasteiger partial charge in [-0.1, -0.05) is 19.6 Å². The van der Waals surface area contributed by atoms with E-state index in [1.165, 1.54) is 12.5 Å². The summed E-state index contributed by atoms with van der Waals surface area (Å²) in [5.41, 5.74) is 5.03. The topological polar surface area (TPSA) is 35.2 Å². The standard InChI is InChI=1S/C8H13NO/c1-3-4-5-8(2)10-7-6-9/h4-7H,2-3,9H2,1H3/b5-4+,7-6-. The largest absolute Gasteiger partial charge is 0.464 e. The molecule has 0 radical (unpaired) electrons. The molecule has 2 nitrogen and oxygen atoms in total. The Balaban J connectivity index is 3.53. The van der Waals surface area contributed by atoms with Crippen LogP contribution in [0, 0.1) is 0 Å². The van der Waals surface area contributed by atoms with Crippen molar-refractivity contribution in [1.82, 2.24) is 0 Å². The molecular formula is C8H13NO. The van der Waals surface area contributed by atoms with Crippen molar-refractivity contribution < 1.29 is 4.74 Å². The van der Waals surface area contributed by atoms with Crippen molar-refractivity contribution >= 4 is 0 Å². The van der Waals surface area contributed by atoms with Crippen LogP contribution in [-0.4, -0.2) is 0 Å². The summed E-state index contributed by atoms with van der Waals surface area (Å²) < 4.78 is 4.91. The van der Waals surface area contributed by atoms with Gasteiger partial charge in [0.25, 0.3) is 0 Å². The van der Waals surface area contributed by atoms with Crippen LogP contribution in [0.1, 0.15) is 13.3 Å². The highest BCUT2D eigenvalue weighted by atomic mass is 16.5. The second-order valence-corrected chi connectivity index (χ2v) is 1.72. The Morgan fingerprint density at radius 2 is 2.40 bits per heavy atom. The fourth-order valence-corrected chi connectivity index (χ4v) is 0.415. The molecule has 0 aliphatic heterocycles. The van der Waals surface area contributed by atoms with Crippen LogP contribution in [0.2, 0.25) is 0 Å². The molecule has 0 atom stereocenters. The Hall–Kier alpha value is -1.18. The first-order valence-corrected chi connectivity index (χ1v) is 3.20. The number of hydrogen-bond acceptors (Lipinski definition) is 2. The number of hydrogen-bond donors (Lipinski definition) is 1. The molecule has 2 N–H and O–H groups in total. The van der Waals surface area contributed by atoms with Gasteiger partial charge in [-0.25, -0.2) is 0 Å². The summed E-state index contributed by atoms with van der Waals surface area (Å²) in [6.07, 6.45) is 7.47. The van der Waals surface area contributed by atoms with Crippen molar-refractivity contribution in [3.8, 4) is 0 Å². The minimum atomic E-state index is 0.601. The molecule has 2 heteroatoms. The normalized spacial score (nSPS) is 10.9. The predicted molar refractivity (Wildman–Crippen MR) is 43.0 cm³/mol. The molecule has 0 fully saturated rings. The van der Waals surface area contributed by atoms with Gasteiger partial charge in [0.05, 0.1) is 0 Å². The number of nitrogens with two attached hydrogens (primary N) is 1. The van der Waals surface area contributed by atoms with E-state index in [4.69, 9.17) is 10.5 Å². The zero-order chi connectivity index (χ0) is 7.82. The lowest BCUT2D eigenvalue weighted by Crippen LogP contribution is -1.81. The molecular weight excluding hydrogens is 126 g/mol. The fourth-order valence-electron chi connectivity index (χ4n) is 0.415. The maximum Gasteiger partial charge on any atom is 0.119 e. The predicted octanol–water partition coefficient (Wildman–Crippen LogP) is 1.91. The van der Waals surface area contributed by atoms with Crippen LogP contribution < -0.4 is 5.73 Å². The average Bonchev–Trinajstić information content (AvgIpc) is 1.97. The first-order chi connectivity index (χ1) is 4.81. The second-order valence-electron chi connectivity index (χ2n) is 1.72. The second kappa shape index (κ2) is 5.95. The number of ether oxygens (including phenoxy) is 1. The van der Waals surface area contributed by atoms with E-state index in [0.29, 0.717) is 5.76 Å². The van der Waals surface area contributed by atoms with Crippen LogP contribution in [-0.2, 0) is 4.74 Å². The Kier molecular flexibility index (Phi) is 5.25. The van der Waals surface area contributed by atoms with E-state index in [-0.39, 0.29) is 0 Å². The molecule has 0 bridgehead atoms. The smallest absolute Gasteiger partial charge is 0.119 e. The summed E-state index contributed by atoms with van der Waals surface area (Å²) in [7, 11) is 0. The third-order valence-corrected chi connectivity index (χ3v) is 0.837. The van der Waals surface area contributed by atoms with Crippen molar-refractivity contribution in [2.75, 3.05) is 0 Å². The van der Waals surface area contributed by atoms with Crippen molar-refractivity contribution in [2.24, 2.45) is 5.73 Å². The van der Waals surface area contributed by atoms with Gasteiger partial charge in [0.1, 0.15) is 12.0 Å². The Morgan fingerprint density at radius 3 is 2.90 bits per heavy atom. The Morgan fingerprint density at radius 1 is 1.70 bits per heavy atom. The molecule has 0 heterocycles. The third-order valence-electron chi connectivity index (χ3n) is 0.837. The molecule has 0 saturated carbocycles. The molecule has 0 aromatic carbocycles. The Labute approximate surface area is 61.7 Å². The van der Waals surface area contributed by atoms with Gasteiger partial charge in [0, 0.05) is 6.20 Å². The fraction of sp³-hybridized carbons (Fsp3) is 0.250. The van der Waals surface area contributed by atoms with Gasteiger partial charge in [-0.2, -0.15) is 0 Å². The van der Waals surface area contributed by atoms with E-state index in [0.717, 1.165) is 6.42 Å². The van der Waals surface area contributed by atoms with Gasteiger partial charge in [0.2, 0.25) is 0 Å². The molecule has 0 aromatic rings. The van der Waals surface area contributed by atoms with Gasteiger partial charge >= 0.3 is 0 Å². The maximum atomic E-state index is 5.03. The Bertz CT molecular complexity index is 147. The lowest BCUT2D eigenvalue weighted by molar-refractivity contribution is 0.369. The number of allylic oxidation sites excluding steroid dienone is 2. The average molecular weight is 139 g/mol. The van der Waals surface area contributed by atoms with Gasteiger partial charge in [-0.05, 0) is 12.5 Å². The minimum Gasteiger partial charge on any atom is -0.464 e. The summed E-state index contributed by atoms with van der Waals surface area (Å²) in [5.74, 6) is 0.601. The zero-order valence-corrected chi connectivity index (χ0v) is 6.21. The van der Waals surface area contributed by atoms with Crippen LogP contribution in [0.4, 0.5) is 0 Å². The van der Waals surface area contributed by atoms with Crippen molar-refractivity contribution in [1.29, 1.82) is 0 Å². The van der Waals surface area contributed by atoms with Gasteiger partial charge < -0.3 is 10.5 Å². The van der Waals surface area contributed by atoms with Crippen LogP contribution in [0.15, 0.2) is 37.0 Å². The molecule has 0 unspecified atom stereocenters. The van der Waals surface area contributed by atoms with Crippen molar-refractivity contribution in [3.05, 3.63) is 37.0 Å².